The van der Waals surface area contributed by atoms with Crippen LogP contribution in [0, 0.1) is 5.92 Å². The number of halogens is 1. The van der Waals surface area contributed by atoms with Crippen molar-refractivity contribution in [3.8, 4) is 0 Å². The highest BCUT2D eigenvalue weighted by atomic mass is 79.9. The van der Waals surface area contributed by atoms with E-state index in [1.807, 2.05) is 6.07 Å². The van der Waals surface area contributed by atoms with E-state index in [9.17, 15) is 0 Å². The summed E-state index contributed by atoms with van der Waals surface area (Å²) in [6.45, 7) is 2.32. The van der Waals surface area contributed by atoms with Crippen LogP contribution in [0.1, 0.15) is 39.0 Å². The van der Waals surface area contributed by atoms with Gasteiger partial charge in [0.05, 0.1) is 5.69 Å². The highest BCUT2D eigenvalue weighted by Crippen LogP contribution is 2.28. The number of nitrogens with two attached hydrogens (primary N) is 1. The van der Waals surface area contributed by atoms with Crippen molar-refractivity contribution in [1.29, 1.82) is 0 Å². The first-order valence-corrected chi connectivity index (χ1v) is 7.13. The summed E-state index contributed by atoms with van der Waals surface area (Å²) in [5.74, 6) is 1.52. The largest absolute Gasteiger partial charge is 0.396 e. The van der Waals surface area contributed by atoms with Crippen molar-refractivity contribution in [3.05, 3.63) is 16.7 Å². The molecule has 1 fully saturated rings. The van der Waals surface area contributed by atoms with Crippen molar-refractivity contribution in [2.45, 2.75) is 45.1 Å². The summed E-state index contributed by atoms with van der Waals surface area (Å²) in [7, 11) is 0. The molecule has 2 rings (SSSR count). The first-order chi connectivity index (χ1) is 8.16. The van der Waals surface area contributed by atoms with E-state index >= 15 is 0 Å². The first-order valence-electron chi connectivity index (χ1n) is 6.34. The highest BCUT2D eigenvalue weighted by Gasteiger charge is 2.20. The van der Waals surface area contributed by atoms with Gasteiger partial charge in [-0.1, -0.05) is 26.2 Å². The Hall–Kier alpha value is -0.770. The summed E-state index contributed by atoms with van der Waals surface area (Å²) in [5, 5.41) is 3.51. The zero-order valence-electron chi connectivity index (χ0n) is 10.2. The Morgan fingerprint density at radius 3 is 2.88 bits per heavy atom. The van der Waals surface area contributed by atoms with Crippen molar-refractivity contribution in [1.82, 2.24) is 4.98 Å². The molecule has 2 atom stereocenters. The fourth-order valence-corrected chi connectivity index (χ4v) is 2.81. The van der Waals surface area contributed by atoms with Crippen LogP contribution in [-0.4, -0.2) is 11.0 Å². The zero-order valence-corrected chi connectivity index (χ0v) is 11.8. The molecular formula is C13H20BrN3. The van der Waals surface area contributed by atoms with E-state index < -0.39 is 0 Å². The average molecular weight is 298 g/mol. The SMILES string of the molecule is CC1CCCCCC1Nc1ncc(Br)cc1N. The lowest BCUT2D eigenvalue weighted by Gasteiger charge is -2.24. The number of hydrogen-bond acceptors (Lipinski definition) is 3. The molecule has 1 aromatic rings. The van der Waals surface area contributed by atoms with E-state index in [0.29, 0.717) is 12.0 Å². The Balaban J connectivity index is 2.08. The summed E-state index contributed by atoms with van der Waals surface area (Å²) in [5.41, 5.74) is 6.69. The van der Waals surface area contributed by atoms with E-state index in [0.717, 1.165) is 16.0 Å². The molecule has 0 aromatic carbocycles. The van der Waals surface area contributed by atoms with Gasteiger partial charge in [0.2, 0.25) is 0 Å². The van der Waals surface area contributed by atoms with Crippen LogP contribution in [0.15, 0.2) is 16.7 Å². The molecule has 3 N–H and O–H groups in total. The molecule has 1 aliphatic carbocycles. The van der Waals surface area contributed by atoms with Crippen LogP contribution in [-0.2, 0) is 0 Å². The van der Waals surface area contributed by atoms with E-state index in [4.69, 9.17) is 5.73 Å². The van der Waals surface area contributed by atoms with Gasteiger partial charge in [0, 0.05) is 16.7 Å². The molecule has 0 aliphatic heterocycles. The van der Waals surface area contributed by atoms with Crippen LogP contribution in [0.5, 0.6) is 0 Å². The molecule has 0 amide bonds. The molecule has 1 aliphatic rings. The molecule has 0 spiro atoms. The fraction of sp³-hybridized carbons (Fsp3) is 0.615. The van der Waals surface area contributed by atoms with Gasteiger partial charge >= 0.3 is 0 Å². The second kappa shape index (κ2) is 5.71. The van der Waals surface area contributed by atoms with E-state index in [2.05, 4.69) is 33.2 Å². The minimum Gasteiger partial charge on any atom is -0.396 e. The average Bonchev–Trinajstić information content (AvgIpc) is 2.48. The van der Waals surface area contributed by atoms with Gasteiger partial charge in [0.1, 0.15) is 5.82 Å². The van der Waals surface area contributed by atoms with Gasteiger partial charge in [0.25, 0.3) is 0 Å². The second-order valence-corrected chi connectivity index (χ2v) is 5.87. The summed E-state index contributed by atoms with van der Waals surface area (Å²) in [6.07, 6.45) is 8.32. The number of hydrogen-bond donors (Lipinski definition) is 2. The van der Waals surface area contributed by atoms with Gasteiger partial charge in [-0.3, -0.25) is 0 Å². The van der Waals surface area contributed by atoms with Gasteiger partial charge in [-0.2, -0.15) is 0 Å². The zero-order chi connectivity index (χ0) is 12.3. The second-order valence-electron chi connectivity index (χ2n) is 4.96. The number of nitrogen functional groups attached to an aromatic ring is 1. The van der Waals surface area contributed by atoms with Crippen LogP contribution in [0.4, 0.5) is 11.5 Å². The predicted molar refractivity (Wildman–Crippen MR) is 76.0 cm³/mol. The topological polar surface area (TPSA) is 50.9 Å². The summed E-state index contributed by atoms with van der Waals surface area (Å²) < 4.78 is 0.925. The lowest BCUT2D eigenvalue weighted by molar-refractivity contribution is 0.456. The Morgan fingerprint density at radius 2 is 2.12 bits per heavy atom. The first kappa shape index (κ1) is 12.7. The van der Waals surface area contributed by atoms with Crippen LogP contribution < -0.4 is 11.1 Å². The lowest BCUT2D eigenvalue weighted by Crippen LogP contribution is -2.27. The Labute approximate surface area is 111 Å². The van der Waals surface area contributed by atoms with E-state index in [1.165, 1.54) is 32.1 Å². The molecule has 0 bridgehead atoms. The van der Waals surface area contributed by atoms with Crippen LogP contribution in [0.2, 0.25) is 0 Å². The third-order valence-corrected chi connectivity index (χ3v) is 4.00. The molecule has 4 heteroatoms. The third kappa shape index (κ3) is 3.35. The molecule has 0 radical (unpaired) electrons. The lowest BCUT2D eigenvalue weighted by atomic mass is 9.97. The standard InChI is InChI=1S/C13H20BrN3/c1-9-5-3-2-4-6-12(9)17-13-11(15)7-10(14)8-16-13/h7-9,12H,2-6,15H2,1H3,(H,16,17). The molecule has 1 saturated carbocycles. The van der Waals surface area contributed by atoms with Crippen molar-refractivity contribution >= 4 is 27.4 Å². The number of rotatable bonds is 2. The molecule has 3 nitrogen and oxygen atoms in total. The van der Waals surface area contributed by atoms with Gasteiger partial charge in [-0.25, -0.2) is 4.98 Å². The molecule has 94 valence electrons. The number of pyridine rings is 1. The van der Waals surface area contributed by atoms with Crippen LogP contribution in [0.25, 0.3) is 0 Å². The number of anilines is 2. The number of nitrogens with zero attached hydrogens (tertiary/aromatic N) is 1. The number of aromatic nitrogens is 1. The minimum absolute atomic E-state index is 0.508. The molecular weight excluding hydrogens is 278 g/mol. The summed E-state index contributed by atoms with van der Waals surface area (Å²) in [4.78, 5) is 4.35. The Morgan fingerprint density at radius 1 is 1.35 bits per heavy atom. The Kier molecular flexibility index (Phi) is 4.26. The predicted octanol–water partition coefficient (Wildman–Crippen LogP) is 3.81. The molecule has 1 heterocycles. The van der Waals surface area contributed by atoms with Gasteiger partial charge in [-0.15, -0.1) is 0 Å². The van der Waals surface area contributed by atoms with Crippen molar-refractivity contribution < 1.29 is 0 Å². The smallest absolute Gasteiger partial charge is 0.149 e. The summed E-state index contributed by atoms with van der Waals surface area (Å²) >= 11 is 3.38. The maximum atomic E-state index is 5.97. The maximum absolute atomic E-state index is 5.97. The normalized spacial score (nSPS) is 25.3. The summed E-state index contributed by atoms with van der Waals surface area (Å²) in [6, 6.07) is 2.41. The Bertz CT molecular complexity index is 381. The molecule has 2 unspecified atom stereocenters. The molecule has 0 saturated heterocycles. The van der Waals surface area contributed by atoms with Gasteiger partial charge in [0.15, 0.2) is 0 Å². The fourth-order valence-electron chi connectivity index (χ4n) is 2.46. The monoisotopic (exact) mass is 297 g/mol. The van der Waals surface area contributed by atoms with Crippen molar-refractivity contribution in [2.75, 3.05) is 11.1 Å². The van der Waals surface area contributed by atoms with Crippen LogP contribution in [0.3, 0.4) is 0 Å². The quantitative estimate of drug-likeness (QED) is 0.816. The highest BCUT2D eigenvalue weighted by molar-refractivity contribution is 9.10. The van der Waals surface area contributed by atoms with Crippen molar-refractivity contribution in [3.63, 3.8) is 0 Å². The number of nitrogens with one attached hydrogen (secondary N) is 1. The van der Waals surface area contributed by atoms with E-state index in [-0.39, 0.29) is 0 Å². The molecule has 1 aromatic heterocycles. The van der Waals surface area contributed by atoms with Crippen LogP contribution >= 0.6 is 15.9 Å². The minimum atomic E-state index is 0.508. The van der Waals surface area contributed by atoms with Gasteiger partial charge in [-0.05, 0) is 40.8 Å². The van der Waals surface area contributed by atoms with Crippen molar-refractivity contribution in [2.24, 2.45) is 5.92 Å². The molecule has 17 heavy (non-hydrogen) atoms. The van der Waals surface area contributed by atoms with E-state index in [1.54, 1.807) is 6.20 Å². The maximum Gasteiger partial charge on any atom is 0.149 e. The van der Waals surface area contributed by atoms with Gasteiger partial charge < -0.3 is 11.1 Å². The third-order valence-electron chi connectivity index (χ3n) is 3.57.